The van der Waals surface area contributed by atoms with E-state index in [9.17, 15) is 9.59 Å². The molecule has 0 spiro atoms. The standard InChI is InChI=1S/C25H20ClN5O4/c1-34-20-9-5-4-8-19(20)28-25-30-21(29-24(27)31-25)14-35-23(33)18-7-3-2-6-17(18)22(32)15-10-12-16(26)13-11-15/h2-13H,14H2,1H3,(H3,27,28,29,30,31). The number of hydrogen-bond acceptors (Lipinski definition) is 9. The summed E-state index contributed by atoms with van der Waals surface area (Å²) in [6.07, 6.45) is 0. The van der Waals surface area contributed by atoms with Crippen LogP contribution >= 0.6 is 11.6 Å². The maximum Gasteiger partial charge on any atom is 0.339 e. The van der Waals surface area contributed by atoms with Gasteiger partial charge in [0.1, 0.15) is 5.75 Å². The highest BCUT2D eigenvalue weighted by atomic mass is 35.5. The molecule has 10 heteroatoms. The number of para-hydroxylation sites is 2. The molecular formula is C25H20ClN5O4. The number of ether oxygens (including phenoxy) is 2. The molecule has 0 radical (unpaired) electrons. The molecule has 4 aromatic rings. The minimum Gasteiger partial charge on any atom is -0.495 e. The lowest BCUT2D eigenvalue weighted by atomic mass is 9.98. The summed E-state index contributed by atoms with van der Waals surface area (Å²) in [4.78, 5) is 38.1. The van der Waals surface area contributed by atoms with Gasteiger partial charge in [-0.1, -0.05) is 41.9 Å². The number of nitrogens with one attached hydrogen (secondary N) is 1. The van der Waals surface area contributed by atoms with Gasteiger partial charge in [0, 0.05) is 16.1 Å². The molecule has 3 aromatic carbocycles. The quantitative estimate of drug-likeness (QED) is 0.272. The largest absolute Gasteiger partial charge is 0.495 e. The first kappa shape index (κ1) is 23.7. The van der Waals surface area contributed by atoms with Gasteiger partial charge in [0.15, 0.2) is 18.2 Å². The van der Waals surface area contributed by atoms with Gasteiger partial charge in [-0.25, -0.2) is 4.79 Å². The van der Waals surface area contributed by atoms with Gasteiger partial charge >= 0.3 is 5.97 Å². The van der Waals surface area contributed by atoms with E-state index in [1.54, 1.807) is 61.7 Å². The van der Waals surface area contributed by atoms with Crippen LogP contribution in [0.5, 0.6) is 5.75 Å². The Kier molecular flexibility index (Phi) is 7.18. The lowest BCUT2D eigenvalue weighted by Crippen LogP contribution is -2.14. The Morgan fingerprint density at radius 2 is 1.60 bits per heavy atom. The summed E-state index contributed by atoms with van der Waals surface area (Å²) in [6, 6.07) is 20.0. The van der Waals surface area contributed by atoms with Crippen LogP contribution in [-0.4, -0.2) is 33.8 Å². The van der Waals surface area contributed by atoms with Crippen LogP contribution in [0.2, 0.25) is 5.02 Å². The number of nitrogens with two attached hydrogens (primary N) is 1. The molecular weight excluding hydrogens is 470 g/mol. The van der Waals surface area contributed by atoms with Crippen LogP contribution in [0.3, 0.4) is 0 Å². The Hall–Kier alpha value is -4.50. The maximum atomic E-state index is 13.0. The van der Waals surface area contributed by atoms with Crippen LogP contribution in [0, 0.1) is 0 Å². The monoisotopic (exact) mass is 489 g/mol. The SMILES string of the molecule is COc1ccccc1Nc1nc(N)nc(COC(=O)c2ccccc2C(=O)c2ccc(Cl)cc2)n1. The van der Waals surface area contributed by atoms with Gasteiger partial charge < -0.3 is 20.5 Å². The number of esters is 1. The van der Waals surface area contributed by atoms with Crippen molar-refractivity contribution in [3.63, 3.8) is 0 Å². The Labute approximate surface area is 205 Å². The van der Waals surface area contributed by atoms with Gasteiger partial charge in [0.25, 0.3) is 0 Å². The zero-order valence-electron chi connectivity index (χ0n) is 18.6. The number of hydrogen-bond donors (Lipinski definition) is 2. The molecule has 0 aliphatic carbocycles. The van der Waals surface area contributed by atoms with E-state index < -0.39 is 5.97 Å². The van der Waals surface area contributed by atoms with Gasteiger partial charge in [-0.3, -0.25) is 4.79 Å². The summed E-state index contributed by atoms with van der Waals surface area (Å²) in [5.41, 5.74) is 7.15. The van der Waals surface area contributed by atoms with Crippen molar-refractivity contribution >= 4 is 40.9 Å². The molecule has 0 aliphatic rings. The second-order valence-electron chi connectivity index (χ2n) is 7.22. The smallest absolute Gasteiger partial charge is 0.339 e. The van der Waals surface area contributed by atoms with Crippen molar-refractivity contribution in [1.82, 2.24) is 15.0 Å². The molecule has 176 valence electrons. The van der Waals surface area contributed by atoms with Crippen molar-refractivity contribution in [3.8, 4) is 5.75 Å². The molecule has 0 unspecified atom stereocenters. The predicted octanol–water partition coefficient (Wildman–Crippen LogP) is 4.45. The van der Waals surface area contributed by atoms with Gasteiger partial charge in [-0.2, -0.15) is 15.0 Å². The molecule has 3 N–H and O–H groups in total. The van der Waals surface area contributed by atoms with Crippen LogP contribution in [0.1, 0.15) is 32.1 Å². The number of benzene rings is 3. The number of halogens is 1. The second-order valence-corrected chi connectivity index (χ2v) is 7.65. The lowest BCUT2D eigenvalue weighted by Gasteiger charge is -2.11. The van der Waals surface area contributed by atoms with Crippen molar-refractivity contribution < 1.29 is 19.1 Å². The molecule has 0 saturated heterocycles. The zero-order valence-corrected chi connectivity index (χ0v) is 19.3. The molecule has 0 aliphatic heterocycles. The number of aromatic nitrogens is 3. The third-order valence-corrected chi connectivity index (χ3v) is 5.13. The number of rotatable bonds is 8. The van der Waals surface area contributed by atoms with Gasteiger partial charge in [-0.15, -0.1) is 0 Å². The summed E-state index contributed by atoms with van der Waals surface area (Å²) in [5.74, 6) is -0.220. The number of anilines is 3. The van der Waals surface area contributed by atoms with Crippen molar-refractivity contribution in [1.29, 1.82) is 0 Å². The van der Waals surface area contributed by atoms with E-state index in [0.717, 1.165) is 0 Å². The van der Waals surface area contributed by atoms with E-state index in [1.165, 1.54) is 6.07 Å². The Morgan fingerprint density at radius 3 is 2.34 bits per heavy atom. The van der Waals surface area contributed by atoms with Crippen molar-refractivity contribution in [2.45, 2.75) is 6.61 Å². The molecule has 1 aromatic heterocycles. The number of nitrogens with zero attached hydrogens (tertiary/aromatic N) is 3. The van der Waals surface area contributed by atoms with E-state index >= 15 is 0 Å². The van der Waals surface area contributed by atoms with Gasteiger partial charge in [0.2, 0.25) is 11.9 Å². The fraction of sp³-hybridized carbons (Fsp3) is 0.0800. The topological polar surface area (TPSA) is 129 Å². The fourth-order valence-corrected chi connectivity index (χ4v) is 3.38. The molecule has 0 saturated carbocycles. The first-order chi connectivity index (χ1) is 16.9. The highest BCUT2D eigenvalue weighted by Crippen LogP contribution is 2.25. The third kappa shape index (κ3) is 5.71. The maximum absolute atomic E-state index is 13.0. The molecule has 9 nitrogen and oxygen atoms in total. The summed E-state index contributed by atoms with van der Waals surface area (Å²) in [6.45, 7) is -0.282. The summed E-state index contributed by atoms with van der Waals surface area (Å²) < 4.78 is 10.7. The first-order valence-corrected chi connectivity index (χ1v) is 10.8. The van der Waals surface area contributed by atoms with Crippen molar-refractivity contribution in [2.75, 3.05) is 18.2 Å². The van der Waals surface area contributed by atoms with Crippen LogP contribution in [-0.2, 0) is 11.3 Å². The minimum absolute atomic E-state index is 0.0539. The number of carbonyl (C=O) groups excluding carboxylic acids is 2. The van der Waals surface area contributed by atoms with E-state index in [4.69, 9.17) is 26.8 Å². The number of carbonyl (C=O) groups is 2. The van der Waals surface area contributed by atoms with E-state index in [2.05, 4.69) is 20.3 Å². The Bertz CT molecular complexity index is 1380. The normalized spacial score (nSPS) is 10.5. The van der Waals surface area contributed by atoms with E-state index in [-0.39, 0.29) is 41.2 Å². The van der Waals surface area contributed by atoms with Gasteiger partial charge in [-0.05, 0) is 42.5 Å². The van der Waals surface area contributed by atoms with Crippen molar-refractivity contribution in [3.05, 3.63) is 100 Å². The highest BCUT2D eigenvalue weighted by molar-refractivity contribution is 6.30. The van der Waals surface area contributed by atoms with Crippen LogP contribution in [0.4, 0.5) is 17.6 Å². The molecule has 4 rings (SSSR count). The molecule has 1 heterocycles. The summed E-state index contributed by atoms with van der Waals surface area (Å²) in [7, 11) is 1.54. The van der Waals surface area contributed by atoms with E-state index in [1.807, 2.05) is 12.1 Å². The molecule has 0 amide bonds. The summed E-state index contributed by atoms with van der Waals surface area (Å²) in [5, 5.41) is 3.51. The van der Waals surface area contributed by atoms with Gasteiger partial charge in [0.05, 0.1) is 18.4 Å². The Balaban J connectivity index is 1.50. The highest BCUT2D eigenvalue weighted by Gasteiger charge is 2.20. The molecule has 35 heavy (non-hydrogen) atoms. The number of nitrogen functional groups attached to an aromatic ring is 1. The zero-order chi connectivity index (χ0) is 24.8. The molecule has 0 atom stereocenters. The molecule has 0 bridgehead atoms. The number of methoxy groups -OCH3 is 1. The lowest BCUT2D eigenvalue weighted by molar-refractivity contribution is 0.0459. The van der Waals surface area contributed by atoms with Crippen molar-refractivity contribution in [2.24, 2.45) is 0 Å². The Morgan fingerprint density at radius 1 is 0.914 bits per heavy atom. The fourth-order valence-electron chi connectivity index (χ4n) is 3.25. The second kappa shape index (κ2) is 10.6. The van der Waals surface area contributed by atoms with Crippen LogP contribution in [0.15, 0.2) is 72.8 Å². The predicted molar refractivity (Wildman–Crippen MR) is 131 cm³/mol. The number of ketones is 1. The third-order valence-electron chi connectivity index (χ3n) is 4.88. The average Bonchev–Trinajstić information content (AvgIpc) is 2.87. The van der Waals surface area contributed by atoms with Crippen LogP contribution in [0.25, 0.3) is 0 Å². The van der Waals surface area contributed by atoms with Crippen LogP contribution < -0.4 is 15.8 Å². The summed E-state index contributed by atoms with van der Waals surface area (Å²) >= 11 is 5.90. The van der Waals surface area contributed by atoms with E-state index in [0.29, 0.717) is 22.0 Å². The first-order valence-electron chi connectivity index (χ1n) is 10.4. The minimum atomic E-state index is -0.707. The molecule has 0 fully saturated rings. The average molecular weight is 490 g/mol.